The molecule has 0 aliphatic carbocycles. The number of nitriles is 1. The maximum atomic E-state index is 12.7. The topological polar surface area (TPSA) is 65.6 Å². The van der Waals surface area contributed by atoms with E-state index in [1.807, 2.05) is 29.2 Å². The minimum atomic E-state index is -3.84. The molecule has 1 aliphatic heterocycles. The molecule has 7 heteroatoms. The molecule has 0 aromatic heterocycles. The fraction of sp³-hybridized carbons (Fsp3) is 0.250. The summed E-state index contributed by atoms with van der Waals surface area (Å²) in [6.07, 6.45) is 1.48. The first kappa shape index (κ1) is 19.4. The normalized spacial score (nSPS) is 16.1. The highest BCUT2D eigenvalue weighted by Gasteiger charge is 2.24. The van der Waals surface area contributed by atoms with Crippen molar-refractivity contribution in [1.82, 2.24) is 4.90 Å². The van der Waals surface area contributed by atoms with Gasteiger partial charge in [-0.3, -0.25) is 0 Å². The molecule has 140 valence electrons. The molecule has 3 rings (SSSR count). The second-order valence-electron chi connectivity index (χ2n) is 6.51. The van der Waals surface area contributed by atoms with Crippen molar-refractivity contribution in [1.29, 1.82) is 5.26 Å². The summed E-state index contributed by atoms with van der Waals surface area (Å²) in [4.78, 5) is 3.20. The zero-order chi connectivity index (χ0) is 19.3. The van der Waals surface area contributed by atoms with Crippen molar-refractivity contribution in [2.45, 2.75) is 11.4 Å². The second-order valence-corrected chi connectivity index (χ2v) is 8.87. The van der Waals surface area contributed by atoms with Gasteiger partial charge in [-0.1, -0.05) is 41.9 Å². The maximum Gasteiger partial charge on any atom is 0.218 e. The summed E-state index contributed by atoms with van der Waals surface area (Å²) in [5, 5.41) is 9.85. The van der Waals surface area contributed by atoms with Gasteiger partial charge in [-0.05, 0) is 24.3 Å². The Morgan fingerprint density at radius 3 is 2.33 bits per heavy atom. The zero-order valence-electron chi connectivity index (χ0n) is 14.8. The summed E-state index contributed by atoms with van der Waals surface area (Å²) in [5.41, 5.74) is 1.29. The highest BCUT2D eigenvalue weighted by molar-refractivity contribution is 7.95. The minimum Gasteiger partial charge on any atom is -0.364 e. The summed E-state index contributed by atoms with van der Waals surface area (Å²) < 4.78 is 25.4. The van der Waals surface area contributed by atoms with Crippen LogP contribution in [0.2, 0.25) is 5.02 Å². The average molecular weight is 403 g/mol. The van der Waals surface area contributed by atoms with Crippen LogP contribution in [0.4, 0.5) is 0 Å². The molecule has 0 atom stereocenters. The molecule has 5 nitrogen and oxygen atoms in total. The van der Waals surface area contributed by atoms with E-state index in [-0.39, 0.29) is 9.80 Å². The SMILES string of the molecule is N#C/C(=C/N1CC[NH+](Cc2ccccc2)CC1)S(=O)(=O)c1ccc(Cl)cc1. The summed E-state index contributed by atoms with van der Waals surface area (Å²) >= 11 is 5.82. The molecule has 2 aromatic carbocycles. The van der Waals surface area contributed by atoms with Crippen molar-refractivity contribution >= 4 is 21.4 Å². The molecule has 0 amide bonds. The van der Waals surface area contributed by atoms with Crippen LogP contribution in [0.1, 0.15) is 5.56 Å². The molecule has 1 aliphatic rings. The molecule has 1 N–H and O–H groups in total. The molecule has 1 fully saturated rings. The van der Waals surface area contributed by atoms with Gasteiger partial charge in [-0.15, -0.1) is 0 Å². The van der Waals surface area contributed by atoms with Crippen molar-refractivity contribution in [2.75, 3.05) is 26.2 Å². The highest BCUT2D eigenvalue weighted by atomic mass is 35.5. The molecule has 0 unspecified atom stereocenters. The van der Waals surface area contributed by atoms with E-state index in [1.165, 1.54) is 40.9 Å². The minimum absolute atomic E-state index is 0.0769. The quantitative estimate of drug-likeness (QED) is 0.775. The number of rotatable bonds is 5. The van der Waals surface area contributed by atoms with E-state index >= 15 is 0 Å². The van der Waals surface area contributed by atoms with Crippen LogP contribution in [0.3, 0.4) is 0 Å². The molecule has 0 radical (unpaired) electrons. The molecule has 27 heavy (non-hydrogen) atoms. The fourth-order valence-corrected chi connectivity index (χ4v) is 4.38. The Morgan fingerprint density at radius 2 is 1.74 bits per heavy atom. The van der Waals surface area contributed by atoms with Crippen LogP contribution >= 0.6 is 11.6 Å². The predicted molar refractivity (Wildman–Crippen MR) is 105 cm³/mol. The largest absolute Gasteiger partial charge is 0.364 e. The molecule has 0 bridgehead atoms. The number of benzene rings is 2. The van der Waals surface area contributed by atoms with E-state index in [1.54, 1.807) is 0 Å². The standard InChI is InChI=1S/C20H20ClN3O2S/c21-18-6-8-19(9-7-18)27(25,26)20(14-22)16-24-12-10-23(11-13-24)15-17-4-2-1-3-5-17/h1-9,16H,10-13,15H2/p+1/b20-16-. The van der Waals surface area contributed by atoms with E-state index in [2.05, 4.69) is 12.1 Å². The fourth-order valence-electron chi connectivity index (χ4n) is 3.10. The van der Waals surface area contributed by atoms with Crippen LogP contribution in [0, 0.1) is 11.3 Å². The van der Waals surface area contributed by atoms with Crippen LogP contribution in [0.25, 0.3) is 0 Å². The summed E-state index contributed by atoms with van der Waals surface area (Å²) in [6, 6.07) is 18.0. The van der Waals surface area contributed by atoms with Crippen LogP contribution in [-0.2, 0) is 16.4 Å². The molecule has 1 saturated heterocycles. The number of hydrogen-bond donors (Lipinski definition) is 1. The van der Waals surface area contributed by atoms with E-state index in [4.69, 9.17) is 11.6 Å². The van der Waals surface area contributed by atoms with Gasteiger partial charge in [0.1, 0.15) is 12.6 Å². The average Bonchev–Trinajstić information content (AvgIpc) is 2.68. The molecular formula is C20H21ClN3O2S+. The molecule has 0 spiro atoms. The molecular weight excluding hydrogens is 382 g/mol. The summed E-state index contributed by atoms with van der Waals surface area (Å²) in [5.74, 6) is 0. The summed E-state index contributed by atoms with van der Waals surface area (Å²) in [7, 11) is -3.84. The number of quaternary nitrogens is 1. The van der Waals surface area contributed by atoms with E-state index < -0.39 is 9.84 Å². The lowest BCUT2D eigenvalue weighted by Crippen LogP contribution is -3.13. The van der Waals surface area contributed by atoms with Gasteiger partial charge in [0.25, 0.3) is 0 Å². The first-order chi connectivity index (χ1) is 13.0. The number of allylic oxidation sites excluding steroid dienone is 1. The van der Waals surface area contributed by atoms with Crippen molar-refractivity contribution in [3.63, 3.8) is 0 Å². The number of piperazine rings is 1. The highest BCUT2D eigenvalue weighted by Crippen LogP contribution is 2.21. The number of sulfone groups is 1. The summed E-state index contributed by atoms with van der Waals surface area (Å²) in [6.45, 7) is 4.16. The maximum absolute atomic E-state index is 12.7. The van der Waals surface area contributed by atoms with E-state index in [0.29, 0.717) is 18.1 Å². The Bertz CT molecular complexity index is 943. The van der Waals surface area contributed by atoms with Crippen LogP contribution in [0.5, 0.6) is 0 Å². The lowest BCUT2D eigenvalue weighted by molar-refractivity contribution is -0.917. The predicted octanol–water partition coefficient (Wildman–Crippen LogP) is 1.88. The number of halogens is 1. The lowest BCUT2D eigenvalue weighted by Gasteiger charge is -2.31. The Hall–Kier alpha value is -2.33. The lowest BCUT2D eigenvalue weighted by atomic mass is 10.2. The van der Waals surface area contributed by atoms with Gasteiger partial charge in [0.05, 0.1) is 31.1 Å². The van der Waals surface area contributed by atoms with Crippen molar-refractivity contribution in [3.8, 4) is 6.07 Å². The van der Waals surface area contributed by atoms with Crippen molar-refractivity contribution in [2.24, 2.45) is 0 Å². The van der Waals surface area contributed by atoms with Gasteiger partial charge in [0.15, 0.2) is 4.91 Å². The Balaban J connectivity index is 1.67. The van der Waals surface area contributed by atoms with Gasteiger partial charge in [-0.2, -0.15) is 5.26 Å². The van der Waals surface area contributed by atoms with E-state index in [9.17, 15) is 13.7 Å². The second kappa shape index (κ2) is 8.57. The van der Waals surface area contributed by atoms with Crippen LogP contribution in [-0.4, -0.2) is 39.5 Å². The first-order valence-corrected chi connectivity index (χ1v) is 10.6. The third-order valence-corrected chi connectivity index (χ3v) is 6.55. The van der Waals surface area contributed by atoms with Crippen LogP contribution < -0.4 is 4.90 Å². The number of hydrogen-bond acceptors (Lipinski definition) is 4. The number of nitrogens with zero attached hydrogens (tertiary/aromatic N) is 2. The van der Waals surface area contributed by atoms with E-state index in [0.717, 1.165) is 19.6 Å². The Morgan fingerprint density at radius 1 is 1.11 bits per heavy atom. The Labute approximate surface area is 165 Å². The smallest absolute Gasteiger partial charge is 0.218 e. The third kappa shape index (κ3) is 4.89. The third-order valence-electron chi connectivity index (χ3n) is 4.63. The number of nitrogens with one attached hydrogen (secondary N) is 1. The van der Waals surface area contributed by atoms with Gasteiger partial charge in [0, 0.05) is 16.8 Å². The first-order valence-electron chi connectivity index (χ1n) is 8.73. The van der Waals surface area contributed by atoms with Gasteiger partial charge in [0.2, 0.25) is 9.84 Å². The monoisotopic (exact) mass is 402 g/mol. The zero-order valence-corrected chi connectivity index (χ0v) is 16.4. The van der Waals surface area contributed by atoms with Crippen molar-refractivity contribution < 1.29 is 13.3 Å². The van der Waals surface area contributed by atoms with Gasteiger partial charge >= 0.3 is 0 Å². The Kier molecular flexibility index (Phi) is 6.17. The molecule has 0 saturated carbocycles. The van der Waals surface area contributed by atoms with Gasteiger partial charge in [-0.25, -0.2) is 8.42 Å². The van der Waals surface area contributed by atoms with Crippen LogP contribution in [0.15, 0.2) is 70.6 Å². The van der Waals surface area contributed by atoms with Crippen molar-refractivity contribution in [3.05, 3.63) is 76.3 Å². The molecule has 1 heterocycles. The molecule has 2 aromatic rings. The van der Waals surface area contributed by atoms with Gasteiger partial charge < -0.3 is 9.80 Å².